The third-order valence-electron chi connectivity index (χ3n) is 2.54. The molecule has 4 nitrogen and oxygen atoms in total. The SMILES string of the molecule is CN(C)C=C(C(=O)c1ccc(Cl)cc1Cl)n1cccn1. The molecule has 0 atom stereocenters. The number of ketones is 1. The Labute approximate surface area is 127 Å². The summed E-state index contributed by atoms with van der Waals surface area (Å²) in [6.07, 6.45) is 5.01. The molecule has 0 amide bonds. The van der Waals surface area contributed by atoms with E-state index in [0.29, 0.717) is 21.3 Å². The predicted molar refractivity (Wildman–Crippen MR) is 81.0 cm³/mol. The Kier molecular flexibility index (Phi) is 4.47. The lowest BCUT2D eigenvalue weighted by molar-refractivity contribution is 0.104. The summed E-state index contributed by atoms with van der Waals surface area (Å²) in [5.41, 5.74) is 0.795. The Balaban J connectivity index is 2.47. The second kappa shape index (κ2) is 6.11. The smallest absolute Gasteiger partial charge is 0.214 e. The molecule has 2 aromatic rings. The van der Waals surface area contributed by atoms with E-state index in [-0.39, 0.29) is 5.78 Å². The lowest BCUT2D eigenvalue weighted by Gasteiger charge is -2.12. The van der Waals surface area contributed by atoms with Crippen LogP contribution < -0.4 is 0 Å². The van der Waals surface area contributed by atoms with Crippen molar-refractivity contribution in [2.45, 2.75) is 0 Å². The molecular weight excluding hydrogens is 297 g/mol. The summed E-state index contributed by atoms with van der Waals surface area (Å²) in [5.74, 6) is -0.218. The summed E-state index contributed by atoms with van der Waals surface area (Å²) in [6.45, 7) is 0. The van der Waals surface area contributed by atoms with Crippen molar-refractivity contribution in [3.8, 4) is 0 Å². The van der Waals surface area contributed by atoms with Crippen molar-refractivity contribution < 1.29 is 4.79 Å². The fourth-order valence-electron chi connectivity index (χ4n) is 1.69. The fraction of sp³-hybridized carbons (Fsp3) is 0.143. The summed E-state index contributed by atoms with van der Waals surface area (Å²) < 4.78 is 1.51. The van der Waals surface area contributed by atoms with E-state index in [1.807, 2.05) is 14.1 Å². The van der Waals surface area contributed by atoms with Crippen molar-refractivity contribution in [3.63, 3.8) is 0 Å². The quantitative estimate of drug-likeness (QED) is 0.641. The number of carbonyl (C=O) groups is 1. The van der Waals surface area contributed by atoms with Gasteiger partial charge in [0.2, 0.25) is 5.78 Å². The van der Waals surface area contributed by atoms with E-state index >= 15 is 0 Å². The van der Waals surface area contributed by atoms with Crippen LogP contribution in [0, 0.1) is 0 Å². The van der Waals surface area contributed by atoms with E-state index in [2.05, 4.69) is 5.10 Å². The molecule has 0 saturated carbocycles. The van der Waals surface area contributed by atoms with Crippen molar-refractivity contribution in [3.05, 3.63) is 58.5 Å². The first-order chi connectivity index (χ1) is 9.49. The maximum absolute atomic E-state index is 12.6. The lowest BCUT2D eigenvalue weighted by atomic mass is 10.1. The Morgan fingerprint density at radius 3 is 2.65 bits per heavy atom. The van der Waals surface area contributed by atoms with E-state index in [1.165, 1.54) is 4.68 Å². The van der Waals surface area contributed by atoms with Crippen molar-refractivity contribution in [1.82, 2.24) is 14.7 Å². The number of halogens is 2. The summed E-state index contributed by atoms with van der Waals surface area (Å²) in [6, 6.07) is 6.55. The van der Waals surface area contributed by atoms with E-state index in [0.717, 1.165) is 0 Å². The average molecular weight is 310 g/mol. The average Bonchev–Trinajstić information content (AvgIpc) is 2.88. The number of rotatable bonds is 4. The predicted octanol–water partition coefficient (Wildman–Crippen LogP) is 3.43. The highest BCUT2D eigenvalue weighted by molar-refractivity contribution is 6.39. The van der Waals surface area contributed by atoms with Gasteiger partial charge in [0.25, 0.3) is 0 Å². The number of Topliss-reactive ketones (excluding diaryl/α,β-unsaturated/α-hetero) is 1. The lowest BCUT2D eigenvalue weighted by Crippen LogP contribution is -2.14. The summed E-state index contributed by atoms with van der Waals surface area (Å²) >= 11 is 11.9. The maximum Gasteiger partial charge on any atom is 0.214 e. The van der Waals surface area contributed by atoms with Crippen molar-refractivity contribution in [2.75, 3.05) is 14.1 Å². The maximum atomic E-state index is 12.6. The highest BCUT2D eigenvalue weighted by atomic mass is 35.5. The minimum atomic E-state index is -0.218. The summed E-state index contributed by atoms with van der Waals surface area (Å²) in [4.78, 5) is 14.4. The molecule has 0 N–H and O–H groups in total. The number of allylic oxidation sites excluding steroid dienone is 1. The van der Waals surface area contributed by atoms with Gasteiger partial charge in [0.15, 0.2) is 0 Å². The minimum Gasteiger partial charge on any atom is -0.382 e. The molecule has 1 aromatic heterocycles. The van der Waals surface area contributed by atoms with Gasteiger partial charge in [-0.3, -0.25) is 4.79 Å². The third-order valence-corrected chi connectivity index (χ3v) is 3.09. The van der Waals surface area contributed by atoms with Crippen LogP contribution in [-0.4, -0.2) is 34.6 Å². The summed E-state index contributed by atoms with van der Waals surface area (Å²) in [7, 11) is 3.67. The number of nitrogens with zero attached hydrogens (tertiary/aromatic N) is 3. The molecule has 1 aromatic carbocycles. The first-order valence-electron chi connectivity index (χ1n) is 5.87. The van der Waals surface area contributed by atoms with Crippen LogP contribution in [0.15, 0.2) is 42.9 Å². The van der Waals surface area contributed by atoms with E-state index in [9.17, 15) is 4.79 Å². The molecule has 0 fully saturated rings. The van der Waals surface area contributed by atoms with Crippen molar-refractivity contribution in [2.24, 2.45) is 0 Å². The number of benzene rings is 1. The topological polar surface area (TPSA) is 38.1 Å². The van der Waals surface area contributed by atoms with Crippen LogP contribution in [0.2, 0.25) is 10.0 Å². The molecule has 0 aliphatic carbocycles. The Morgan fingerprint density at radius 1 is 1.35 bits per heavy atom. The zero-order valence-electron chi connectivity index (χ0n) is 11.0. The first-order valence-corrected chi connectivity index (χ1v) is 6.62. The number of hydrogen-bond acceptors (Lipinski definition) is 3. The van der Waals surface area contributed by atoms with Gasteiger partial charge in [0, 0.05) is 43.3 Å². The second-order valence-electron chi connectivity index (χ2n) is 4.38. The third kappa shape index (κ3) is 3.21. The van der Waals surface area contributed by atoms with Crippen LogP contribution in [0.1, 0.15) is 10.4 Å². The Hall–Kier alpha value is -1.78. The molecule has 0 bridgehead atoms. The molecule has 0 aliphatic heterocycles. The minimum absolute atomic E-state index is 0.218. The van der Waals surface area contributed by atoms with Gasteiger partial charge in [-0.15, -0.1) is 0 Å². The van der Waals surface area contributed by atoms with Crippen LogP contribution in [0.5, 0.6) is 0 Å². The van der Waals surface area contributed by atoms with Crippen LogP contribution >= 0.6 is 23.2 Å². The van der Waals surface area contributed by atoms with Crippen LogP contribution in [-0.2, 0) is 0 Å². The Bertz CT molecular complexity index is 648. The number of carbonyl (C=O) groups excluding carboxylic acids is 1. The molecule has 2 rings (SSSR count). The molecular formula is C14H13Cl2N3O. The van der Waals surface area contributed by atoms with Gasteiger partial charge in [-0.2, -0.15) is 5.10 Å². The molecule has 20 heavy (non-hydrogen) atoms. The Morgan fingerprint density at radius 2 is 2.10 bits per heavy atom. The standard InChI is InChI=1S/C14H13Cl2N3O/c1-18(2)9-13(19-7-3-6-17-19)14(20)11-5-4-10(15)8-12(11)16/h3-9H,1-2H3. The van der Waals surface area contributed by atoms with Gasteiger partial charge in [-0.25, -0.2) is 4.68 Å². The van der Waals surface area contributed by atoms with Gasteiger partial charge in [0.1, 0.15) is 5.70 Å². The summed E-state index contributed by atoms with van der Waals surface area (Å²) in [5, 5.41) is 4.90. The monoisotopic (exact) mass is 309 g/mol. The molecule has 0 saturated heterocycles. The van der Waals surface area contributed by atoms with Gasteiger partial charge < -0.3 is 4.90 Å². The van der Waals surface area contributed by atoms with E-state index < -0.39 is 0 Å². The van der Waals surface area contributed by atoms with Gasteiger partial charge in [-0.05, 0) is 24.3 Å². The molecule has 0 spiro atoms. The van der Waals surface area contributed by atoms with Gasteiger partial charge in [-0.1, -0.05) is 23.2 Å². The fourth-order valence-corrected chi connectivity index (χ4v) is 2.18. The highest BCUT2D eigenvalue weighted by Crippen LogP contribution is 2.24. The van der Waals surface area contributed by atoms with Crippen LogP contribution in [0.25, 0.3) is 5.70 Å². The molecule has 0 unspecified atom stereocenters. The molecule has 6 heteroatoms. The number of hydrogen-bond donors (Lipinski definition) is 0. The van der Waals surface area contributed by atoms with Gasteiger partial charge in [0.05, 0.1) is 5.02 Å². The second-order valence-corrected chi connectivity index (χ2v) is 5.23. The van der Waals surface area contributed by atoms with Crippen LogP contribution in [0.3, 0.4) is 0 Å². The zero-order chi connectivity index (χ0) is 14.7. The van der Waals surface area contributed by atoms with Gasteiger partial charge >= 0.3 is 0 Å². The normalized spacial score (nSPS) is 11.5. The molecule has 0 aliphatic rings. The van der Waals surface area contributed by atoms with Crippen molar-refractivity contribution >= 4 is 34.7 Å². The molecule has 104 valence electrons. The van der Waals surface area contributed by atoms with E-state index in [1.54, 1.807) is 47.8 Å². The zero-order valence-corrected chi connectivity index (χ0v) is 12.6. The van der Waals surface area contributed by atoms with E-state index in [4.69, 9.17) is 23.2 Å². The first kappa shape index (κ1) is 14.6. The number of aromatic nitrogens is 2. The van der Waals surface area contributed by atoms with Crippen LogP contribution in [0.4, 0.5) is 0 Å². The molecule has 0 radical (unpaired) electrons. The molecule has 1 heterocycles. The largest absolute Gasteiger partial charge is 0.382 e. The highest BCUT2D eigenvalue weighted by Gasteiger charge is 2.18. The van der Waals surface area contributed by atoms with Crippen molar-refractivity contribution in [1.29, 1.82) is 0 Å².